The van der Waals surface area contributed by atoms with Crippen LogP contribution >= 0.6 is 0 Å². The lowest BCUT2D eigenvalue weighted by molar-refractivity contribution is -0.137. The van der Waals surface area contributed by atoms with E-state index in [2.05, 4.69) is 10.0 Å². The van der Waals surface area contributed by atoms with Crippen LogP contribution in [0.5, 0.6) is 11.5 Å². The maximum atomic E-state index is 12.0. The summed E-state index contributed by atoms with van der Waals surface area (Å²) >= 11 is 0. The number of hydrogen-bond acceptors (Lipinski definition) is 5. The molecule has 1 heterocycles. The zero-order valence-corrected chi connectivity index (χ0v) is 11.7. The van der Waals surface area contributed by atoms with Gasteiger partial charge in [-0.2, -0.15) is 0 Å². The van der Waals surface area contributed by atoms with Crippen molar-refractivity contribution in [2.75, 3.05) is 40.0 Å². The quantitative estimate of drug-likeness (QED) is 0.470. The van der Waals surface area contributed by atoms with Crippen LogP contribution in [0.4, 0.5) is 5.69 Å². The second-order valence-electron chi connectivity index (χ2n) is 4.31. The van der Waals surface area contributed by atoms with Crippen LogP contribution in [-0.4, -0.2) is 50.8 Å². The van der Waals surface area contributed by atoms with Gasteiger partial charge in [-0.15, -0.1) is 0 Å². The van der Waals surface area contributed by atoms with Gasteiger partial charge in [0.25, 0.3) is 5.91 Å². The predicted octanol–water partition coefficient (Wildman–Crippen LogP) is 1.87. The number of nitrogens with zero attached hydrogens (tertiary/aromatic N) is 4. The highest BCUT2D eigenvalue weighted by atomic mass is 16.5. The van der Waals surface area contributed by atoms with Crippen LogP contribution in [0.25, 0.3) is 10.4 Å². The Hall–Kier alpha value is -2.44. The number of methoxy groups -OCH3 is 1. The minimum atomic E-state index is -0.0977. The summed E-state index contributed by atoms with van der Waals surface area (Å²) in [7, 11) is 1.48. The van der Waals surface area contributed by atoms with Gasteiger partial charge in [0.05, 0.1) is 20.3 Å². The first kappa shape index (κ1) is 15.0. The van der Waals surface area contributed by atoms with E-state index < -0.39 is 0 Å². The van der Waals surface area contributed by atoms with Crippen LogP contribution in [0.1, 0.15) is 0 Å². The fraction of sp³-hybridized carbons (Fsp3) is 0.462. The van der Waals surface area contributed by atoms with E-state index in [1.807, 2.05) is 0 Å². The molecule has 1 aliphatic rings. The molecule has 0 radical (unpaired) electrons. The second kappa shape index (κ2) is 7.37. The molecule has 1 aromatic carbocycles. The van der Waals surface area contributed by atoms with Gasteiger partial charge in [0.2, 0.25) is 0 Å². The molecule has 0 saturated carbocycles. The van der Waals surface area contributed by atoms with Crippen molar-refractivity contribution in [3.05, 3.63) is 28.6 Å². The molecule has 0 aliphatic carbocycles. The highest BCUT2D eigenvalue weighted by Gasteiger charge is 2.17. The summed E-state index contributed by atoms with van der Waals surface area (Å²) in [6.07, 6.45) is 0. The monoisotopic (exact) mass is 292 g/mol. The lowest BCUT2D eigenvalue weighted by Gasteiger charge is -2.26. The molecule has 0 atom stereocenters. The minimum absolute atomic E-state index is 0.0722. The van der Waals surface area contributed by atoms with E-state index >= 15 is 0 Å². The highest BCUT2D eigenvalue weighted by molar-refractivity contribution is 5.78. The van der Waals surface area contributed by atoms with Crippen molar-refractivity contribution in [1.29, 1.82) is 0 Å². The van der Waals surface area contributed by atoms with Crippen molar-refractivity contribution in [3.8, 4) is 11.5 Å². The van der Waals surface area contributed by atoms with Crippen LogP contribution < -0.4 is 9.47 Å². The maximum absolute atomic E-state index is 12.0. The number of hydrogen-bond donors (Lipinski definition) is 0. The molecule has 1 amide bonds. The SMILES string of the molecule is COc1cc(N=[N+]=[N-])ccc1OCC(=O)N1CCOCC1. The van der Waals surface area contributed by atoms with Crippen molar-refractivity contribution in [2.45, 2.75) is 0 Å². The van der Waals surface area contributed by atoms with Gasteiger partial charge in [-0.25, -0.2) is 0 Å². The molecule has 112 valence electrons. The molecule has 0 N–H and O–H groups in total. The number of amides is 1. The van der Waals surface area contributed by atoms with E-state index in [9.17, 15) is 4.79 Å². The topological polar surface area (TPSA) is 96.8 Å². The Kier molecular flexibility index (Phi) is 5.25. The third kappa shape index (κ3) is 4.01. The molecule has 0 aromatic heterocycles. The molecule has 2 rings (SSSR count). The molecule has 0 bridgehead atoms. The summed E-state index contributed by atoms with van der Waals surface area (Å²) in [6, 6.07) is 4.75. The minimum Gasteiger partial charge on any atom is -0.493 e. The largest absolute Gasteiger partial charge is 0.493 e. The van der Waals surface area contributed by atoms with Gasteiger partial charge in [-0.05, 0) is 23.7 Å². The van der Waals surface area contributed by atoms with Crippen LogP contribution in [0, 0.1) is 0 Å². The van der Waals surface area contributed by atoms with Gasteiger partial charge in [0.1, 0.15) is 0 Å². The number of carbonyl (C=O) groups excluding carboxylic acids is 1. The van der Waals surface area contributed by atoms with Crippen molar-refractivity contribution in [1.82, 2.24) is 4.90 Å². The molecule has 1 aliphatic heterocycles. The number of carbonyl (C=O) groups is 1. The number of benzene rings is 1. The maximum Gasteiger partial charge on any atom is 0.260 e. The van der Waals surface area contributed by atoms with E-state index in [1.165, 1.54) is 7.11 Å². The predicted molar refractivity (Wildman–Crippen MR) is 74.7 cm³/mol. The van der Waals surface area contributed by atoms with Crippen molar-refractivity contribution >= 4 is 11.6 Å². The van der Waals surface area contributed by atoms with Crippen molar-refractivity contribution < 1.29 is 19.0 Å². The van der Waals surface area contributed by atoms with Crippen molar-refractivity contribution in [3.63, 3.8) is 0 Å². The van der Waals surface area contributed by atoms with Gasteiger partial charge in [-0.3, -0.25) is 4.79 Å². The second-order valence-corrected chi connectivity index (χ2v) is 4.31. The smallest absolute Gasteiger partial charge is 0.260 e. The van der Waals surface area contributed by atoms with Crippen molar-refractivity contribution in [2.24, 2.45) is 5.11 Å². The van der Waals surface area contributed by atoms with E-state index in [4.69, 9.17) is 19.7 Å². The Morgan fingerprint density at radius 1 is 1.43 bits per heavy atom. The molecule has 1 aromatic rings. The molecule has 1 saturated heterocycles. The summed E-state index contributed by atoms with van der Waals surface area (Å²) in [4.78, 5) is 16.4. The standard InChI is InChI=1S/C13H16N4O4/c1-19-12-8-10(15-16-14)2-3-11(12)21-9-13(18)17-4-6-20-7-5-17/h2-3,8H,4-7,9H2,1H3. The van der Waals surface area contributed by atoms with Crippen LogP contribution in [-0.2, 0) is 9.53 Å². The van der Waals surface area contributed by atoms with Gasteiger partial charge >= 0.3 is 0 Å². The summed E-state index contributed by atoms with van der Waals surface area (Å²) in [5.41, 5.74) is 8.82. The highest BCUT2D eigenvalue weighted by Crippen LogP contribution is 2.31. The Bertz CT molecular complexity index is 551. The molecule has 0 spiro atoms. The number of azide groups is 1. The summed E-state index contributed by atoms with van der Waals surface area (Å²) in [5.74, 6) is 0.741. The molecule has 1 fully saturated rings. The zero-order valence-electron chi connectivity index (χ0n) is 11.7. The zero-order chi connectivity index (χ0) is 15.1. The first-order valence-corrected chi connectivity index (χ1v) is 6.46. The molecule has 8 nitrogen and oxygen atoms in total. The molecule has 8 heteroatoms. The average Bonchev–Trinajstić information content (AvgIpc) is 2.54. The lowest BCUT2D eigenvalue weighted by atomic mass is 10.3. The summed E-state index contributed by atoms with van der Waals surface area (Å²) < 4.78 is 15.8. The molecule has 0 unspecified atom stereocenters. The van der Waals surface area contributed by atoms with Gasteiger partial charge in [0, 0.05) is 23.7 Å². The fourth-order valence-electron chi connectivity index (χ4n) is 1.93. The van der Waals surface area contributed by atoms with Crippen LogP contribution in [0.2, 0.25) is 0 Å². The normalized spacial score (nSPS) is 14.2. The van der Waals surface area contributed by atoms with E-state index in [0.717, 1.165) is 0 Å². The molecular formula is C13H16N4O4. The van der Waals surface area contributed by atoms with E-state index in [1.54, 1.807) is 23.1 Å². The molecule has 21 heavy (non-hydrogen) atoms. The van der Waals surface area contributed by atoms with Gasteiger partial charge < -0.3 is 19.1 Å². The molecular weight excluding hydrogens is 276 g/mol. The number of rotatable bonds is 5. The Labute approximate surface area is 121 Å². The fourth-order valence-corrected chi connectivity index (χ4v) is 1.93. The van der Waals surface area contributed by atoms with Crippen LogP contribution in [0.3, 0.4) is 0 Å². The van der Waals surface area contributed by atoms with E-state index in [-0.39, 0.29) is 12.5 Å². The Morgan fingerprint density at radius 2 is 2.19 bits per heavy atom. The van der Waals surface area contributed by atoms with Gasteiger partial charge in [0.15, 0.2) is 18.1 Å². The van der Waals surface area contributed by atoms with Gasteiger partial charge in [-0.1, -0.05) is 5.11 Å². The number of morpholine rings is 1. The number of ether oxygens (including phenoxy) is 3. The third-order valence-electron chi connectivity index (χ3n) is 3.02. The first-order chi connectivity index (χ1) is 10.2. The average molecular weight is 292 g/mol. The Balaban J connectivity index is 1.98. The van der Waals surface area contributed by atoms with E-state index in [0.29, 0.717) is 43.5 Å². The Morgan fingerprint density at radius 3 is 2.86 bits per heavy atom. The first-order valence-electron chi connectivity index (χ1n) is 6.46. The third-order valence-corrected chi connectivity index (χ3v) is 3.02. The van der Waals surface area contributed by atoms with Crippen LogP contribution in [0.15, 0.2) is 23.3 Å². The lowest BCUT2D eigenvalue weighted by Crippen LogP contribution is -2.42. The summed E-state index contributed by atoms with van der Waals surface area (Å²) in [5, 5.41) is 3.48. The summed E-state index contributed by atoms with van der Waals surface area (Å²) in [6.45, 7) is 2.19.